The quantitative estimate of drug-likeness (QED) is 0.752. The lowest BCUT2D eigenvalue weighted by Gasteiger charge is -2.52. The van der Waals surface area contributed by atoms with Crippen LogP contribution >= 0.6 is 0 Å². The fourth-order valence-electron chi connectivity index (χ4n) is 5.38. The van der Waals surface area contributed by atoms with E-state index in [0.717, 1.165) is 36.5 Å². The molecule has 0 aliphatic carbocycles. The van der Waals surface area contributed by atoms with Crippen LogP contribution in [0.4, 0.5) is 5.69 Å². The minimum Gasteiger partial charge on any atom is -0.369 e. The van der Waals surface area contributed by atoms with Crippen molar-refractivity contribution in [3.63, 3.8) is 0 Å². The second kappa shape index (κ2) is 7.17. The molecule has 0 amide bonds. The van der Waals surface area contributed by atoms with Gasteiger partial charge in [-0.05, 0) is 50.9 Å². The first-order valence-electron chi connectivity index (χ1n) is 10.5. The van der Waals surface area contributed by atoms with Gasteiger partial charge in [-0.15, -0.1) is 0 Å². The number of piperidine rings is 2. The summed E-state index contributed by atoms with van der Waals surface area (Å²) in [4.78, 5) is 21.8. The van der Waals surface area contributed by atoms with Crippen molar-refractivity contribution >= 4 is 16.7 Å². The minimum absolute atomic E-state index is 0.326. The number of aromatic nitrogens is 4. The monoisotopic (exact) mass is 376 g/mol. The minimum atomic E-state index is 0.326. The Balaban J connectivity index is 1.57. The summed E-state index contributed by atoms with van der Waals surface area (Å²) in [6.45, 7) is 6.92. The highest BCUT2D eigenvalue weighted by atomic mass is 15.3. The number of pyridine rings is 1. The van der Waals surface area contributed by atoms with E-state index >= 15 is 0 Å². The van der Waals surface area contributed by atoms with Crippen LogP contribution < -0.4 is 4.90 Å². The van der Waals surface area contributed by atoms with Crippen molar-refractivity contribution in [2.24, 2.45) is 0 Å². The van der Waals surface area contributed by atoms with Gasteiger partial charge in [-0.2, -0.15) is 0 Å². The van der Waals surface area contributed by atoms with Gasteiger partial charge in [0.05, 0.1) is 16.8 Å². The van der Waals surface area contributed by atoms with Crippen LogP contribution in [-0.2, 0) is 0 Å². The molecule has 3 aromatic rings. The highest BCUT2D eigenvalue weighted by Gasteiger charge is 2.41. The van der Waals surface area contributed by atoms with Crippen LogP contribution in [0.2, 0.25) is 0 Å². The molecular formula is C22H28N6. The molecule has 1 atom stereocenters. The Kier molecular flexibility index (Phi) is 4.51. The van der Waals surface area contributed by atoms with Gasteiger partial charge in [-0.1, -0.05) is 13.3 Å². The average molecular weight is 377 g/mol. The molecule has 5 heterocycles. The third-order valence-electron chi connectivity index (χ3n) is 6.68. The lowest BCUT2D eigenvalue weighted by molar-refractivity contribution is 0.0384. The fraction of sp³-hybridized carbons (Fsp3) is 0.500. The van der Waals surface area contributed by atoms with Crippen LogP contribution in [0.15, 0.2) is 37.1 Å². The molecule has 0 radical (unpaired) electrons. The van der Waals surface area contributed by atoms with E-state index in [0.29, 0.717) is 5.54 Å². The van der Waals surface area contributed by atoms with Crippen LogP contribution in [0.25, 0.3) is 22.3 Å². The molecule has 2 aliphatic rings. The molecule has 0 saturated carbocycles. The Morgan fingerprint density at radius 3 is 2.86 bits per heavy atom. The molecule has 2 saturated heterocycles. The zero-order valence-electron chi connectivity index (χ0n) is 16.6. The lowest BCUT2D eigenvalue weighted by atomic mass is 9.79. The predicted molar refractivity (Wildman–Crippen MR) is 112 cm³/mol. The second-order valence-electron chi connectivity index (χ2n) is 8.14. The highest BCUT2D eigenvalue weighted by molar-refractivity contribution is 6.01. The number of nitrogens with one attached hydrogen (secondary N) is 1. The van der Waals surface area contributed by atoms with E-state index in [4.69, 9.17) is 0 Å². The number of hydrogen-bond acceptors (Lipinski definition) is 5. The number of aromatic amines is 1. The standard InChI is InChI=1S/C22H28N6/c1-2-28-13-4-3-8-22(28)9-5-12-27(15-22)19-7-11-24-21-20(19)17(14-25-21)18-6-10-23-16-26-18/h6-7,10-11,14,16H,2-5,8-9,12-13,15H2,1H3,(H,24,25)/t22-/m0/s1. The van der Waals surface area contributed by atoms with Gasteiger partial charge in [-0.25, -0.2) is 15.0 Å². The molecule has 2 fully saturated rings. The van der Waals surface area contributed by atoms with Gasteiger partial charge in [0.15, 0.2) is 0 Å². The lowest BCUT2D eigenvalue weighted by Crippen LogP contribution is -2.60. The summed E-state index contributed by atoms with van der Waals surface area (Å²) in [7, 11) is 0. The normalized spacial score (nSPS) is 23.5. The molecule has 5 rings (SSSR count). The van der Waals surface area contributed by atoms with Crippen LogP contribution in [-0.4, -0.2) is 56.6 Å². The predicted octanol–water partition coefficient (Wildman–Crippen LogP) is 3.86. The first kappa shape index (κ1) is 17.6. The van der Waals surface area contributed by atoms with E-state index in [1.54, 1.807) is 12.5 Å². The number of rotatable bonds is 3. The Labute approximate surface area is 166 Å². The average Bonchev–Trinajstić information content (AvgIpc) is 3.19. The highest BCUT2D eigenvalue weighted by Crippen LogP contribution is 2.40. The molecular weight excluding hydrogens is 348 g/mol. The number of nitrogens with zero attached hydrogens (tertiary/aromatic N) is 5. The van der Waals surface area contributed by atoms with Crippen LogP contribution in [0.1, 0.15) is 39.0 Å². The Morgan fingerprint density at radius 1 is 1.07 bits per heavy atom. The van der Waals surface area contributed by atoms with Gasteiger partial charge in [0.2, 0.25) is 0 Å². The van der Waals surface area contributed by atoms with Crippen molar-refractivity contribution in [3.05, 3.63) is 37.1 Å². The Bertz CT molecular complexity index is 948. The third-order valence-corrected chi connectivity index (χ3v) is 6.68. The largest absolute Gasteiger partial charge is 0.369 e. The van der Waals surface area contributed by atoms with E-state index in [1.165, 1.54) is 49.7 Å². The fourth-order valence-corrected chi connectivity index (χ4v) is 5.38. The Hall–Kier alpha value is -2.47. The van der Waals surface area contributed by atoms with Crippen LogP contribution in [0.5, 0.6) is 0 Å². The van der Waals surface area contributed by atoms with Crippen molar-refractivity contribution < 1.29 is 0 Å². The molecule has 3 aromatic heterocycles. The molecule has 6 heteroatoms. The van der Waals surface area contributed by atoms with E-state index in [2.05, 4.69) is 42.7 Å². The first-order chi connectivity index (χ1) is 13.8. The van der Waals surface area contributed by atoms with Gasteiger partial charge in [0.1, 0.15) is 12.0 Å². The smallest absolute Gasteiger partial charge is 0.140 e. The maximum Gasteiger partial charge on any atom is 0.140 e. The number of hydrogen-bond donors (Lipinski definition) is 1. The molecule has 1 N–H and O–H groups in total. The zero-order valence-corrected chi connectivity index (χ0v) is 16.6. The zero-order chi connectivity index (χ0) is 19.0. The van der Waals surface area contributed by atoms with E-state index in [9.17, 15) is 0 Å². The molecule has 0 bridgehead atoms. The van der Waals surface area contributed by atoms with Crippen LogP contribution in [0.3, 0.4) is 0 Å². The van der Waals surface area contributed by atoms with Gasteiger partial charge >= 0.3 is 0 Å². The third kappa shape index (κ3) is 2.87. The summed E-state index contributed by atoms with van der Waals surface area (Å²) in [5.74, 6) is 0. The number of likely N-dealkylation sites (N-methyl/N-ethyl adjacent to an activating group) is 1. The summed E-state index contributed by atoms with van der Waals surface area (Å²) in [6, 6.07) is 4.15. The first-order valence-corrected chi connectivity index (χ1v) is 10.5. The summed E-state index contributed by atoms with van der Waals surface area (Å²) in [5.41, 5.74) is 4.58. The Morgan fingerprint density at radius 2 is 2.00 bits per heavy atom. The van der Waals surface area contributed by atoms with Crippen molar-refractivity contribution in [2.45, 2.75) is 44.6 Å². The number of fused-ring (bicyclic) bond motifs is 1. The molecule has 1 spiro atoms. The molecule has 28 heavy (non-hydrogen) atoms. The van der Waals surface area contributed by atoms with Gasteiger partial charge < -0.3 is 9.88 Å². The van der Waals surface area contributed by atoms with E-state index in [-0.39, 0.29) is 0 Å². The summed E-state index contributed by atoms with van der Waals surface area (Å²) >= 11 is 0. The molecule has 0 unspecified atom stereocenters. The summed E-state index contributed by atoms with van der Waals surface area (Å²) < 4.78 is 0. The SMILES string of the molecule is CCN1CCCC[C@@]12CCCN(c1ccnc3[nH]cc(-c4ccncn4)c13)C2. The number of likely N-dealkylation sites (tertiary alicyclic amines) is 1. The van der Waals surface area contributed by atoms with Gasteiger partial charge in [0.25, 0.3) is 0 Å². The van der Waals surface area contributed by atoms with Crippen molar-refractivity contribution in [1.29, 1.82) is 0 Å². The van der Waals surface area contributed by atoms with E-state index < -0.39 is 0 Å². The van der Waals surface area contributed by atoms with Crippen molar-refractivity contribution in [3.8, 4) is 11.3 Å². The topological polar surface area (TPSA) is 60.9 Å². The summed E-state index contributed by atoms with van der Waals surface area (Å²) in [6.07, 6.45) is 13.9. The van der Waals surface area contributed by atoms with Crippen LogP contribution in [0, 0.1) is 0 Å². The van der Waals surface area contributed by atoms with Gasteiger partial charge in [-0.3, -0.25) is 4.90 Å². The maximum absolute atomic E-state index is 4.58. The summed E-state index contributed by atoms with van der Waals surface area (Å²) in [5, 5.41) is 1.18. The molecule has 146 valence electrons. The second-order valence-corrected chi connectivity index (χ2v) is 8.14. The maximum atomic E-state index is 4.58. The van der Waals surface area contributed by atoms with Gasteiger partial charge in [0, 0.05) is 42.8 Å². The van der Waals surface area contributed by atoms with Crippen molar-refractivity contribution in [2.75, 3.05) is 31.1 Å². The molecule has 0 aromatic carbocycles. The molecule has 2 aliphatic heterocycles. The molecule has 6 nitrogen and oxygen atoms in total. The van der Waals surface area contributed by atoms with Crippen molar-refractivity contribution in [1.82, 2.24) is 24.8 Å². The number of H-pyrrole nitrogens is 1. The number of anilines is 1. The van der Waals surface area contributed by atoms with E-state index in [1.807, 2.05) is 18.5 Å².